The molecule has 0 saturated heterocycles. The Morgan fingerprint density at radius 1 is 1.03 bits per heavy atom. The molecule has 6 nitrogen and oxygen atoms in total. The maximum absolute atomic E-state index is 12.7. The number of thioether (sulfide) groups is 1. The van der Waals surface area contributed by atoms with E-state index in [2.05, 4.69) is 27.8 Å². The molecule has 31 heavy (non-hydrogen) atoms. The minimum Gasteiger partial charge on any atom is -0.325 e. The SMILES string of the molecule is CCc1ccc(NC(=O)C(CC)Sc2nnc(NC(=O)/C=C/c3ccccc3)s2)cc1. The number of hydrogen-bond donors (Lipinski definition) is 2. The number of rotatable bonds is 9. The van der Waals surface area contributed by atoms with Gasteiger partial charge in [0, 0.05) is 11.8 Å². The molecule has 2 amide bonds. The largest absolute Gasteiger partial charge is 0.325 e. The molecule has 0 saturated carbocycles. The fourth-order valence-electron chi connectivity index (χ4n) is 2.68. The lowest BCUT2D eigenvalue weighted by Gasteiger charge is -2.13. The maximum Gasteiger partial charge on any atom is 0.250 e. The predicted octanol–water partition coefficient (Wildman–Crippen LogP) is 5.26. The summed E-state index contributed by atoms with van der Waals surface area (Å²) >= 11 is 2.60. The van der Waals surface area contributed by atoms with Gasteiger partial charge >= 0.3 is 0 Å². The van der Waals surface area contributed by atoms with E-state index in [0.717, 1.165) is 17.7 Å². The summed E-state index contributed by atoms with van der Waals surface area (Å²) < 4.78 is 0.630. The van der Waals surface area contributed by atoms with Crippen LogP contribution in [0.2, 0.25) is 0 Å². The normalized spacial score (nSPS) is 11.9. The molecule has 0 bridgehead atoms. The molecule has 0 aliphatic carbocycles. The number of nitrogens with zero attached hydrogens (tertiary/aromatic N) is 2. The van der Waals surface area contributed by atoms with Crippen LogP contribution in [0.4, 0.5) is 10.8 Å². The topological polar surface area (TPSA) is 84.0 Å². The van der Waals surface area contributed by atoms with Gasteiger partial charge in [0.2, 0.25) is 16.9 Å². The van der Waals surface area contributed by atoms with Crippen LogP contribution in [0.3, 0.4) is 0 Å². The molecule has 8 heteroatoms. The van der Waals surface area contributed by atoms with E-state index in [-0.39, 0.29) is 17.1 Å². The zero-order chi connectivity index (χ0) is 22.1. The molecule has 3 aromatic rings. The molecule has 160 valence electrons. The van der Waals surface area contributed by atoms with E-state index in [4.69, 9.17) is 0 Å². The number of hydrogen-bond acceptors (Lipinski definition) is 6. The number of amides is 2. The van der Waals surface area contributed by atoms with E-state index in [1.165, 1.54) is 34.7 Å². The molecule has 0 radical (unpaired) electrons. The first-order valence-electron chi connectivity index (χ1n) is 10.0. The van der Waals surface area contributed by atoms with Gasteiger partial charge in [-0.05, 0) is 42.2 Å². The van der Waals surface area contributed by atoms with Crippen molar-refractivity contribution < 1.29 is 9.59 Å². The van der Waals surface area contributed by atoms with Crippen LogP contribution in [-0.2, 0) is 16.0 Å². The van der Waals surface area contributed by atoms with Crippen LogP contribution in [0, 0.1) is 0 Å². The first-order valence-corrected chi connectivity index (χ1v) is 11.7. The van der Waals surface area contributed by atoms with Gasteiger partial charge in [-0.3, -0.25) is 14.9 Å². The zero-order valence-corrected chi connectivity index (χ0v) is 19.0. The zero-order valence-electron chi connectivity index (χ0n) is 17.4. The van der Waals surface area contributed by atoms with E-state index in [1.807, 2.05) is 61.5 Å². The average molecular weight is 453 g/mol. The molecule has 0 fully saturated rings. The molecule has 2 N–H and O–H groups in total. The third-order valence-electron chi connectivity index (χ3n) is 4.40. The van der Waals surface area contributed by atoms with E-state index < -0.39 is 0 Å². The van der Waals surface area contributed by atoms with Crippen LogP contribution in [0.1, 0.15) is 31.4 Å². The maximum atomic E-state index is 12.7. The predicted molar refractivity (Wildman–Crippen MR) is 128 cm³/mol. The number of nitrogens with one attached hydrogen (secondary N) is 2. The standard InChI is InChI=1S/C23H24N4O2S2/c1-3-16-10-13-18(14-11-16)24-21(29)19(4-2)30-23-27-26-22(31-23)25-20(28)15-12-17-8-6-5-7-9-17/h5-15,19H,3-4H2,1-2H3,(H,24,29)(H,25,26,28)/b15-12+. The van der Waals surface area contributed by atoms with Crippen molar-refractivity contribution in [3.8, 4) is 0 Å². The van der Waals surface area contributed by atoms with E-state index in [9.17, 15) is 9.59 Å². The van der Waals surface area contributed by atoms with Gasteiger partial charge in [0.05, 0.1) is 5.25 Å². The highest BCUT2D eigenvalue weighted by Gasteiger charge is 2.20. The summed E-state index contributed by atoms with van der Waals surface area (Å²) in [5, 5.41) is 13.9. The van der Waals surface area contributed by atoms with Gasteiger partial charge in [0.1, 0.15) is 0 Å². The molecule has 1 aromatic heterocycles. The van der Waals surface area contributed by atoms with Gasteiger partial charge in [-0.1, -0.05) is 79.4 Å². The Bertz CT molecular complexity index is 1030. The summed E-state index contributed by atoms with van der Waals surface area (Å²) in [5.74, 6) is -0.361. The second-order valence-corrected chi connectivity index (χ2v) is 9.09. The number of carbonyl (C=O) groups excluding carboxylic acids is 2. The van der Waals surface area contributed by atoms with Gasteiger partial charge in [0.25, 0.3) is 0 Å². The molecule has 1 atom stereocenters. The first kappa shape index (κ1) is 22.7. The number of aromatic nitrogens is 2. The molecule has 1 unspecified atom stereocenters. The van der Waals surface area contributed by atoms with Crippen LogP contribution >= 0.6 is 23.1 Å². The third-order valence-corrected chi connectivity index (χ3v) is 6.69. The monoisotopic (exact) mass is 452 g/mol. The van der Waals surface area contributed by atoms with Crippen molar-refractivity contribution in [3.63, 3.8) is 0 Å². The number of benzene rings is 2. The molecule has 1 heterocycles. The Kier molecular flexibility index (Phi) is 8.37. The van der Waals surface area contributed by atoms with Gasteiger partial charge in [-0.2, -0.15) is 0 Å². The molecule has 0 aliphatic rings. The fourth-order valence-corrected chi connectivity index (χ4v) is 4.60. The molecule has 2 aromatic carbocycles. The van der Waals surface area contributed by atoms with Gasteiger partial charge in [-0.15, -0.1) is 10.2 Å². The molecular weight excluding hydrogens is 428 g/mol. The van der Waals surface area contributed by atoms with Gasteiger partial charge < -0.3 is 5.32 Å². The highest BCUT2D eigenvalue weighted by atomic mass is 32.2. The number of anilines is 2. The number of aryl methyl sites for hydroxylation is 1. The lowest BCUT2D eigenvalue weighted by Crippen LogP contribution is -2.24. The van der Waals surface area contributed by atoms with Crippen molar-refractivity contribution in [2.75, 3.05) is 10.6 Å². The Morgan fingerprint density at radius 3 is 2.45 bits per heavy atom. The minimum absolute atomic E-state index is 0.0803. The third kappa shape index (κ3) is 7.04. The second-order valence-electron chi connectivity index (χ2n) is 6.66. The van der Waals surface area contributed by atoms with Crippen molar-refractivity contribution in [1.29, 1.82) is 0 Å². The summed E-state index contributed by atoms with van der Waals surface area (Å²) in [7, 11) is 0. The second kappa shape index (κ2) is 11.4. The first-order chi connectivity index (χ1) is 15.1. The lowest BCUT2D eigenvalue weighted by molar-refractivity contribution is -0.115. The Balaban J connectivity index is 1.54. The van der Waals surface area contributed by atoms with E-state index in [1.54, 1.807) is 6.08 Å². The van der Waals surface area contributed by atoms with Crippen LogP contribution in [-0.4, -0.2) is 27.3 Å². The quantitative estimate of drug-likeness (QED) is 0.263. The van der Waals surface area contributed by atoms with Gasteiger partial charge in [0.15, 0.2) is 4.34 Å². The fraction of sp³-hybridized carbons (Fsp3) is 0.217. The van der Waals surface area contributed by atoms with Crippen molar-refractivity contribution in [3.05, 3.63) is 71.8 Å². The average Bonchev–Trinajstić information content (AvgIpc) is 3.24. The van der Waals surface area contributed by atoms with Crippen LogP contribution in [0.25, 0.3) is 6.08 Å². The van der Waals surface area contributed by atoms with Gasteiger partial charge in [-0.25, -0.2) is 0 Å². The van der Waals surface area contributed by atoms with E-state index >= 15 is 0 Å². The summed E-state index contributed by atoms with van der Waals surface area (Å²) in [6, 6.07) is 17.4. The summed E-state index contributed by atoms with van der Waals surface area (Å²) in [4.78, 5) is 24.8. The van der Waals surface area contributed by atoms with Crippen molar-refractivity contribution in [1.82, 2.24) is 10.2 Å². The highest BCUT2D eigenvalue weighted by molar-refractivity contribution is 8.02. The summed E-state index contributed by atoms with van der Waals surface area (Å²) in [6.45, 7) is 4.05. The van der Waals surface area contributed by atoms with Crippen molar-refractivity contribution in [2.45, 2.75) is 36.3 Å². The molecular formula is C23H24N4O2S2. The smallest absolute Gasteiger partial charge is 0.250 e. The molecule has 0 aliphatic heterocycles. The summed E-state index contributed by atoms with van der Waals surface area (Å²) in [6.07, 6.45) is 4.79. The van der Waals surface area contributed by atoms with Crippen LogP contribution in [0.15, 0.2) is 65.0 Å². The Hall–Kier alpha value is -2.97. The van der Waals surface area contributed by atoms with Crippen molar-refractivity contribution >= 4 is 51.8 Å². The minimum atomic E-state index is -0.305. The van der Waals surface area contributed by atoms with Crippen LogP contribution < -0.4 is 10.6 Å². The Morgan fingerprint density at radius 2 is 1.77 bits per heavy atom. The molecule has 3 rings (SSSR count). The summed E-state index contributed by atoms with van der Waals surface area (Å²) in [5.41, 5.74) is 2.94. The molecule has 0 spiro atoms. The van der Waals surface area contributed by atoms with E-state index in [0.29, 0.717) is 15.9 Å². The van der Waals surface area contributed by atoms with Crippen LogP contribution in [0.5, 0.6) is 0 Å². The van der Waals surface area contributed by atoms with Crippen molar-refractivity contribution in [2.24, 2.45) is 0 Å². The highest BCUT2D eigenvalue weighted by Crippen LogP contribution is 2.31. The Labute approximate surface area is 190 Å². The lowest BCUT2D eigenvalue weighted by atomic mass is 10.1. The number of carbonyl (C=O) groups is 2.